The Morgan fingerprint density at radius 1 is 0.771 bits per heavy atom. The molecule has 0 aromatic heterocycles. The third-order valence-electron chi connectivity index (χ3n) is 19.2. The molecule has 7 unspecified atom stereocenters. The number of nitrogens with two attached hydrogens (primary N) is 2. The van der Waals surface area contributed by atoms with Crippen LogP contribution in [-0.2, 0) is 81.3 Å². The quantitative estimate of drug-likeness (QED) is 0.0262. The number of carbonyl (C=O) groups is 13. The fourth-order valence-electron chi connectivity index (χ4n) is 11.9. The van der Waals surface area contributed by atoms with Gasteiger partial charge in [0.15, 0.2) is 5.60 Å². The Morgan fingerprint density at radius 2 is 1.39 bits per heavy atom. The number of aliphatic hydroxyl groups is 7. The maximum absolute atomic E-state index is 15.6. The fourth-order valence-corrected chi connectivity index (χ4v) is 11.9. The summed E-state index contributed by atoms with van der Waals surface area (Å²) in [5.74, 6) is -18.5. The summed E-state index contributed by atoms with van der Waals surface area (Å²) in [6.07, 6.45) is -10.0. The fraction of sp³-hybridized carbons (Fsp3) is 0.676. The number of fused-ring (bicyclic) bond motifs is 1. The van der Waals surface area contributed by atoms with Crippen molar-refractivity contribution in [3.8, 4) is 5.75 Å². The summed E-state index contributed by atoms with van der Waals surface area (Å²) in [7, 11) is 2.32. The van der Waals surface area contributed by atoms with E-state index in [-0.39, 0.29) is 43.0 Å². The van der Waals surface area contributed by atoms with Crippen LogP contribution in [0.3, 0.4) is 0 Å². The number of esters is 1. The number of piperidine rings is 1. The number of carbonyl (C=O) groups excluding carboxylic acids is 13. The molecule has 0 saturated carbocycles. The molecule has 612 valence electrons. The van der Waals surface area contributed by atoms with Gasteiger partial charge in [0, 0.05) is 32.7 Å². The molecule has 3 fully saturated rings. The Labute approximate surface area is 632 Å². The SMILES string of the molecule is CCC(C)/C=C(C)/C=C\C(O)C(C)(O)C(=O)NCC(=O)N[C@H](C(=O)N[C@H](C(=O)N[C@H](C(=O)N[C@H]1C(=O)NC(COC)C(=O)NCC(=O)N[C@@H](C)C(=O)NC([C@@H](C)O)C(=O)N[C@H](C(OC)c2ccc(O[C@@H]3O[C@@H](C)[C@H](O)[C@@H](O)[C@H]3O)cc2)C(=O)N2CCCC[C@H]2C(=O)OC1C(C)C)[C@@H](C)[C@@H](C)C(N)=O)[C@@H](C)N)[C@@H](C)O. The highest BCUT2D eigenvalue weighted by Gasteiger charge is 2.48. The first-order valence-corrected chi connectivity index (χ1v) is 36.1. The monoisotopic (exact) mass is 1550 g/mol. The van der Waals surface area contributed by atoms with Crippen molar-refractivity contribution >= 4 is 76.9 Å². The van der Waals surface area contributed by atoms with Gasteiger partial charge in [0.2, 0.25) is 71.3 Å². The van der Waals surface area contributed by atoms with E-state index in [0.29, 0.717) is 0 Å². The van der Waals surface area contributed by atoms with Gasteiger partial charge in [-0.15, -0.1) is 0 Å². The highest BCUT2D eigenvalue weighted by molar-refractivity contribution is 6.00. The average Bonchev–Trinajstić information content (AvgIpc) is 0.754. The second kappa shape index (κ2) is 42.4. The molecular formula is C71H113N13O25. The lowest BCUT2D eigenvalue weighted by Gasteiger charge is -2.40. The van der Waals surface area contributed by atoms with E-state index in [2.05, 4.69) is 53.2 Å². The molecule has 38 nitrogen and oxygen atoms in total. The van der Waals surface area contributed by atoms with Crippen LogP contribution in [0.4, 0.5) is 0 Å². The number of allylic oxidation sites excluding steroid dienone is 3. The molecule has 109 heavy (non-hydrogen) atoms. The number of hydrogen-bond acceptors (Lipinski definition) is 26. The molecular weight excluding hydrogens is 1430 g/mol. The van der Waals surface area contributed by atoms with Crippen LogP contribution in [0.25, 0.3) is 0 Å². The standard InChI is InChI=1S/C71H113N13O25/c1-16-32(4)27-33(5)20-25-45(87)71(13,104)70(103)75-29-47(89)78-50(38(10)85)64(98)80-49(36(8)72)63(97)79-48(34(6)35(7)59(73)93)62(96)82-52-57(31(2)3)109-68(102)44-19-17-18-26-84(44)67(101)53(58(106-15)41-21-23-42(24-22-41)108-69-56(92)55(91)54(90)40(12)107-69)83-65(99)51(39(11)86)81-60(94)37(9)76-46(88)28-74-61(95)43(30-105-14)77-66(52)100/h20-25,27,31-32,34-40,43-45,48-58,69,85-87,90-92,104H,16-19,26,28-30,72H2,1-15H3,(H2,73,93)(H,74,95)(H,75,103)(H,76,88)(H,77,100)(H,78,89)(H,79,97)(H,80,98)(H,81,94)(H,82,96)(H,83,99)/b25-20-,33-27+/t32?,34-,35+,36+,37-,38+,39+,40-,43?,44-,45?,48-,49-,50-,51?,52+,53+,54-,55+,56+,57?,58?,69-,71?/m0/s1. The van der Waals surface area contributed by atoms with E-state index in [0.717, 1.165) is 44.8 Å². The van der Waals surface area contributed by atoms with Gasteiger partial charge in [0.25, 0.3) is 5.91 Å². The summed E-state index contributed by atoms with van der Waals surface area (Å²) < 4.78 is 28.9. The van der Waals surface area contributed by atoms with Crippen LogP contribution in [0.15, 0.2) is 48.1 Å². The van der Waals surface area contributed by atoms with E-state index in [9.17, 15) is 78.9 Å². The van der Waals surface area contributed by atoms with E-state index in [1.807, 2.05) is 19.9 Å². The van der Waals surface area contributed by atoms with Crippen molar-refractivity contribution < 1.29 is 122 Å². The number of cyclic esters (lactones) is 1. The normalized spacial score (nSPS) is 27.6. The van der Waals surface area contributed by atoms with Crippen LogP contribution in [0.5, 0.6) is 5.75 Å². The second-order valence-electron chi connectivity index (χ2n) is 28.5. The minimum Gasteiger partial charge on any atom is -0.462 e. The van der Waals surface area contributed by atoms with E-state index >= 15 is 19.2 Å². The molecule has 24 atom stereocenters. The lowest BCUT2D eigenvalue weighted by atomic mass is 9.87. The third kappa shape index (κ3) is 25.9. The third-order valence-corrected chi connectivity index (χ3v) is 19.2. The summed E-state index contributed by atoms with van der Waals surface area (Å²) in [6, 6.07) is -12.4. The Morgan fingerprint density at radius 3 is 1.95 bits per heavy atom. The van der Waals surface area contributed by atoms with Crippen molar-refractivity contribution in [2.45, 2.75) is 243 Å². The molecule has 1 aromatic carbocycles. The van der Waals surface area contributed by atoms with Crippen molar-refractivity contribution in [3.63, 3.8) is 0 Å². The van der Waals surface area contributed by atoms with Gasteiger partial charge in [-0.1, -0.05) is 83.9 Å². The predicted octanol–water partition coefficient (Wildman–Crippen LogP) is -6.15. The Kier molecular flexibility index (Phi) is 36.0. The number of ether oxygens (including phenoxy) is 5. The van der Waals surface area contributed by atoms with Crippen LogP contribution in [0.2, 0.25) is 0 Å². The summed E-state index contributed by atoms with van der Waals surface area (Å²) >= 11 is 0. The Balaban J connectivity index is 1.81. The Bertz CT molecular complexity index is 3390. The van der Waals surface area contributed by atoms with E-state index in [1.54, 1.807) is 6.92 Å². The van der Waals surface area contributed by atoms with Gasteiger partial charge in [0.1, 0.15) is 96.7 Å². The molecule has 0 bridgehead atoms. The molecule has 0 aliphatic carbocycles. The molecule has 0 spiro atoms. The van der Waals surface area contributed by atoms with Gasteiger partial charge >= 0.3 is 5.97 Å². The first kappa shape index (κ1) is 92.6. The van der Waals surface area contributed by atoms with Crippen molar-refractivity contribution in [1.82, 2.24) is 58.1 Å². The number of rotatable bonds is 29. The number of nitrogens with one attached hydrogen (secondary N) is 10. The van der Waals surface area contributed by atoms with Crippen molar-refractivity contribution in [2.75, 3.05) is 40.5 Å². The van der Waals surface area contributed by atoms with E-state index in [4.69, 9.17) is 35.2 Å². The van der Waals surface area contributed by atoms with Gasteiger partial charge < -0.3 is 129 Å². The van der Waals surface area contributed by atoms with Gasteiger partial charge in [-0.25, -0.2) is 4.79 Å². The zero-order chi connectivity index (χ0) is 82.4. The minimum atomic E-state index is -2.47. The molecule has 38 heteroatoms. The second-order valence-corrected chi connectivity index (χ2v) is 28.5. The predicted molar refractivity (Wildman–Crippen MR) is 386 cm³/mol. The molecule has 4 rings (SSSR count). The summed E-state index contributed by atoms with van der Waals surface area (Å²) in [5.41, 5.74) is 10.5. The maximum Gasteiger partial charge on any atom is 0.329 e. The van der Waals surface area contributed by atoms with Gasteiger partial charge in [-0.2, -0.15) is 0 Å². The van der Waals surface area contributed by atoms with Crippen molar-refractivity contribution in [3.05, 3.63) is 53.6 Å². The number of primary amides is 1. The van der Waals surface area contributed by atoms with Gasteiger partial charge in [0.05, 0.1) is 38.0 Å². The van der Waals surface area contributed by atoms with Crippen LogP contribution in [-0.4, -0.2) is 279 Å². The van der Waals surface area contributed by atoms with Crippen molar-refractivity contribution in [2.24, 2.45) is 35.1 Å². The summed E-state index contributed by atoms with van der Waals surface area (Å²) in [4.78, 5) is 186. The van der Waals surface area contributed by atoms with Crippen molar-refractivity contribution in [1.29, 1.82) is 0 Å². The molecule has 1 aromatic rings. The summed E-state index contributed by atoms with van der Waals surface area (Å²) in [5, 5.41) is 98.6. The highest BCUT2D eigenvalue weighted by atomic mass is 16.7. The van der Waals surface area contributed by atoms with E-state index in [1.165, 1.54) is 92.0 Å². The number of aliphatic hydroxyl groups excluding tert-OH is 6. The number of nitrogens with zero attached hydrogens (tertiary/aromatic N) is 1. The highest BCUT2D eigenvalue weighted by Crippen LogP contribution is 2.31. The van der Waals surface area contributed by atoms with Crippen LogP contribution < -0.4 is 69.4 Å². The average molecular weight is 1550 g/mol. The maximum atomic E-state index is 15.6. The number of amides is 12. The van der Waals surface area contributed by atoms with E-state index < -0.39 is 242 Å². The minimum absolute atomic E-state index is 0.0342. The largest absolute Gasteiger partial charge is 0.462 e. The van der Waals surface area contributed by atoms with Gasteiger partial charge in [-0.05, 0) is 103 Å². The first-order valence-electron chi connectivity index (χ1n) is 36.1. The lowest BCUT2D eigenvalue weighted by molar-refractivity contribution is -0.268. The van der Waals surface area contributed by atoms with Gasteiger partial charge in [-0.3, -0.25) is 57.5 Å². The zero-order valence-corrected chi connectivity index (χ0v) is 64.1. The zero-order valence-electron chi connectivity index (χ0n) is 64.1. The molecule has 3 aliphatic heterocycles. The first-order chi connectivity index (χ1) is 50.9. The molecule has 0 radical (unpaired) electrons. The van der Waals surface area contributed by atoms with Crippen LogP contribution in [0, 0.1) is 23.7 Å². The molecule has 3 aliphatic rings. The number of methoxy groups -OCH3 is 2. The smallest absolute Gasteiger partial charge is 0.329 e. The molecule has 3 heterocycles. The number of benzene rings is 1. The van der Waals surface area contributed by atoms with Crippen LogP contribution >= 0.6 is 0 Å². The molecule has 21 N–H and O–H groups in total. The van der Waals surface area contributed by atoms with Crippen LogP contribution in [0.1, 0.15) is 127 Å². The summed E-state index contributed by atoms with van der Waals surface area (Å²) in [6.45, 7) is 15.7. The lowest BCUT2D eigenvalue weighted by Crippen LogP contribution is -2.66. The Hall–Kier alpha value is -8.83. The topological polar surface area (TPSA) is 585 Å². The molecule has 3 saturated heterocycles. The number of hydrogen-bond donors (Lipinski definition) is 19. The molecule has 12 amide bonds.